The van der Waals surface area contributed by atoms with Crippen molar-refractivity contribution in [3.05, 3.63) is 201 Å². The monoisotopic (exact) mass is 1150 g/mol. The number of hydrogen-bond donors (Lipinski definition) is 0. The van der Waals surface area contributed by atoms with Crippen LogP contribution in [0.2, 0.25) is 20.6 Å². The van der Waals surface area contributed by atoms with Crippen LogP contribution >= 0.6 is 73.7 Å². The minimum absolute atomic E-state index is 0.0169. The van der Waals surface area contributed by atoms with Crippen LogP contribution in [0, 0.1) is 23.3 Å². The average Bonchev–Trinajstić information content (AvgIpc) is 3.30. The summed E-state index contributed by atoms with van der Waals surface area (Å²) in [5.41, 5.74) is 1.60. The summed E-state index contributed by atoms with van der Waals surface area (Å²) in [6.07, 6.45) is 2.76. The van der Waals surface area contributed by atoms with Crippen LogP contribution in [0.4, 0.5) is 17.6 Å². The second-order valence-electron chi connectivity index (χ2n) is 13.5. The maximum absolute atomic E-state index is 14.1. The molecule has 0 aliphatic rings. The molecule has 357 valence electrons. The summed E-state index contributed by atoms with van der Waals surface area (Å²) < 4.78 is 63.9. The van der Waals surface area contributed by atoms with Crippen LogP contribution in [-0.4, -0.2) is 35.1 Å². The van der Waals surface area contributed by atoms with Crippen molar-refractivity contribution in [2.75, 3.05) is 13.2 Å². The SMILES string of the molecule is CCOC(=O)/C=C/c1c(-c2ccc(F)cc2F)cc(Cl)nc1Cl.CCOC(=O)CCc1c(-c2ccc(F)cc2F)cc(Cl)nc1Cl.[Cl][Rh][Cl].c1ccc(P(c2ccccc2)c2ccccc2)cc1. The number of benzene rings is 5. The van der Waals surface area contributed by atoms with Crippen LogP contribution < -0.4 is 15.9 Å². The number of rotatable bonds is 12. The van der Waals surface area contributed by atoms with Gasteiger partial charge in [-0.15, -0.1) is 0 Å². The number of hydrogen-bond acceptors (Lipinski definition) is 6. The van der Waals surface area contributed by atoms with Gasteiger partial charge in [0.25, 0.3) is 0 Å². The van der Waals surface area contributed by atoms with Crippen molar-refractivity contribution in [1.29, 1.82) is 0 Å². The molecule has 0 atom stereocenters. The standard InChI is InChI=1S/C18H15P.C16H13Cl2F2NO2.C16H11Cl2F2NO2.2ClH.Rh/c1-4-10-16(11-5-1)19(17-12-6-2-7-13-17)18-14-8-3-9-15-18;2*1-2-23-15(22)6-5-11-12(8-14(17)21-16(11)18)10-4-3-9(19)7-13(10)20;;;/h1-15H;3-4,7-8H,2,5-6H2,1H3;3-8H,2H2,1H3;2*1H;/q;;;;;+2/p-2/b;;6-5+;;;. The van der Waals surface area contributed by atoms with Gasteiger partial charge in [-0.2, -0.15) is 0 Å². The van der Waals surface area contributed by atoms with Gasteiger partial charge in [0.2, 0.25) is 0 Å². The fraction of sp³-hybridized carbons (Fsp3) is 0.120. The fourth-order valence-electron chi connectivity index (χ4n) is 6.26. The largest absolute Gasteiger partial charge is 0.0622 e. The molecular weight excluding hydrogens is 1120 g/mol. The molecule has 18 heteroatoms. The van der Waals surface area contributed by atoms with Crippen LogP contribution in [0.15, 0.2) is 146 Å². The first-order chi connectivity index (χ1) is 32.7. The van der Waals surface area contributed by atoms with E-state index in [4.69, 9.17) is 75.3 Å². The van der Waals surface area contributed by atoms with Crippen LogP contribution in [-0.2, 0) is 40.6 Å². The molecule has 0 aliphatic heterocycles. The first-order valence-corrected chi connectivity index (χ1v) is 27.2. The summed E-state index contributed by atoms with van der Waals surface area (Å²) in [6, 6.07) is 41.5. The van der Waals surface area contributed by atoms with E-state index >= 15 is 0 Å². The maximum Gasteiger partial charge on any atom is -0.0134 e. The molecule has 6 nitrogen and oxygen atoms in total. The quantitative estimate of drug-likeness (QED) is 0.0303. The van der Waals surface area contributed by atoms with Gasteiger partial charge in [0.1, 0.15) is 43.9 Å². The van der Waals surface area contributed by atoms with E-state index < -0.39 is 43.1 Å². The van der Waals surface area contributed by atoms with E-state index in [0.29, 0.717) is 11.1 Å². The average molecular weight is 1150 g/mol. The van der Waals surface area contributed by atoms with Gasteiger partial charge in [0.05, 0.1) is 13.2 Å². The predicted molar refractivity (Wildman–Crippen MR) is 267 cm³/mol. The summed E-state index contributed by atoms with van der Waals surface area (Å²) in [7, 11) is 9.22. The van der Waals surface area contributed by atoms with Crippen molar-refractivity contribution < 1.29 is 51.8 Å². The van der Waals surface area contributed by atoms with Crippen LogP contribution in [0.25, 0.3) is 28.3 Å². The van der Waals surface area contributed by atoms with Gasteiger partial charge in [0.15, 0.2) is 0 Å². The maximum atomic E-state index is 14.1. The molecule has 68 heavy (non-hydrogen) atoms. The molecular formula is C50H39Cl6F4N2O4PRh. The summed E-state index contributed by atoms with van der Waals surface area (Å²) in [6.45, 7) is 3.86. The Morgan fingerprint density at radius 1 is 0.588 bits per heavy atom. The number of pyridine rings is 2. The molecule has 0 spiro atoms. The zero-order valence-corrected chi connectivity index (χ0v) is 42.9. The minimum atomic E-state index is -0.783. The fourth-order valence-corrected chi connectivity index (χ4v) is 9.58. The van der Waals surface area contributed by atoms with Gasteiger partial charge in [0, 0.05) is 41.3 Å². The Kier molecular flexibility index (Phi) is 24.4. The number of aromatic nitrogens is 2. The second-order valence-corrected chi connectivity index (χ2v) is 19.7. The number of nitrogens with zero attached hydrogens (tertiary/aromatic N) is 2. The third-order valence-corrected chi connectivity index (χ3v) is 12.5. The van der Waals surface area contributed by atoms with Gasteiger partial charge in [-0.05, 0) is 103 Å². The van der Waals surface area contributed by atoms with Crippen LogP contribution in [0.5, 0.6) is 0 Å². The summed E-state index contributed by atoms with van der Waals surface area (Å²) in [4.78, 5) is 30.7. The molecule has 0 unspecified atom stereocenters. The Balaban J connectivity index is 0.000000217. The molecule has 0 saturated heterocycles. The molecule has 0 amide bonds. The van der Waals surface area contributed by atoms with E-state index in [1.54, 1.807) is 13.8 Å². The first kappa shape index (κ1) is 56.2. The topological polar surface area (TPSA) is 78.4 Å². The molecule has 5 aromatic carbocycles. The number of halogens is 10. The van der Waals surface area contributed by atoms with Crippen molar-refractivity contribution >= 4 is 108 Å². The van der Waals surface area contributed by atoms with Gasteiger partial charge in [-0.1, -0.05) is 137 Å². The molecule has 2 heterocycles. The van der Waals surface area contributed by atoms with Crippen molar-refractivity contribution in [1.82, 2.24) is 9.97 Å². The molecule has 0 radical (unpaired) electrons. The first-order valence-electron chi connectivity index (χ1n) is 20.1. The van der Waals surface area contributed by atoms with Crippen LogP contribution in [0.3, 0.4) is 0 Å². The molecule has 0 fully saturated rings. The number of carbonyl (C=O) groups excluding carboxylic acids is 2. The number of carbonyl (C=O) groups is 2. The van der Waals surface area contributed by atoms with Crippen molar-refractivity contribution in [3.8, 4) is 22.3 Å². The molecule has 0 bridgehead atoms. The van der Waals surface area contributed by atoms with E-state index in [0.717, 1.165) is 30.3 Å². The van der Waals surface area contributed by atoms with E-state index in [2.05, 4.69) is 101 Å². The number of ether oxygens (including phenoxy) is 2. The van der Waals surface area contributed by atoms with Crippen LogP contribution in [0.1, 0.15) is 31.4 Å². The summed E-state index contributed by atoms with van der Waals surface area (Å²) >= 11 is 23.6. The Hall–Kier alpha value is -4.41. The van der Waals surface area contributed by atoms with Crippen molar-refractivity contribution in [2.24, 2.45) is 0 Å². The molecule has 7 aromatic rings. The molecule has 0 aliphatic carbocycles. The molecule has 2 aromatic heterocycles. The van der Waals surface area contributed by atoms with Crippen molar-refractivity contribution in [2.45, 2.75) is 26.7 Å². The normalized spacial score (nSPS) is 10.6. The Morgan fingerprint density at radius 3 is 1.46 bits per heavy atom. The van der Waals surface area contributed by atoms with Gasteiger partial charge in [-0.25, -0.2) is 32.3 Å². The van der Waals surface area contributed by atoms with Crippen molar-refractivity contribution in [3.63, 3.8) is 0 Å². The smallest absolute Gasteiger partial charge is 0.0134 e. The second kappa shape index (κ2) is 29.6. The zero-order valence-electron chi connectivity index (χ0n) is 35.8. The third kappa shape index (κ3) is 17.5. The van der Waals surface area contributed by atoms with E-state index in [1.807, 2.05) is 0 Å². The zero-order chi connectivity index (χ0) is 49.6. The molecule has 7 rings (SSSR count). The molecule has 0 saturated carbocycles. The summed E-state index contributed by atoms with van der Waals surface area (Å²) in [5, 5.41) is 4.37. The Bertz CT molecular complexity index is 2680. The Labute approximate surface area is 429 Å². The third-order valence-electron chi connectivity index (χ3n) is 9.07. The van der Waals surface area contributed by atoms with E-state index in [1.165, 1.54) is 46.3 Å². The molecule has 0 N–H and O–H groups in total. The van der Waals surface area contributed by atoms with Gasteiger partial charge < -0.3 is 9.47 Å². The summed E-state index contributed by atoms with van der Waals surface area (Å²) in [5.74, 6) is -3.91. The minimum Gasteiger partial charge on any atom is -0.0622 e. The van der Waals surface area contributed by atoms with Gasteiger partial charge >= 0.3 is 46.5 Å². The Morgan fingerprint density at radius 2 is 1.01 bits per heavy atom. The number of esters is 2. The predicted octanol–water partition coefficient (Wildman–Crippen LogP) is 14.6. The van der Waals surface area contributed by atoms with Gasteiger partial charge in [-0.3, -0.25) is 4.79 Å². The van der Waals surface area contributed by atoms with E-state index in [9.17, 15) is 27.2 Å². The van der Waals surface area contributed by atoms with E-state index in [-0.39, 0.29) is 84.1 Å².